The highest BCUT2D eigenvalue weighted by atomic mass is 16.5. The van der Waals surface area contributed by atoms with Crippen molar-refractivity contribution in [1.82, 2.24) is 9.55 Å². The lowest BCUT2D eigenvalue weighted by molar-refractivity contribution is -0.140. The van der Waals surface area contributed by atoms with Gasteiger partial charge in [-0.05, 0) is 31.0 Å². The zero-order chi connectivity index (χ0) is 21.0. The molecule has 1 aliphatic heterocycles. The second-order valence-electron chi connectivity index (χ2n) is 7.80. The Bertz CT molecular complexity index is 1250. The van der Waals surface area contributed by atoms with Crippen molar-refractivity contribution < 1.29 is 19.7 Å². The molecule has 2 N–H and O–H groups in total. The van der Waals surface area contributed by atoms with Gasteiger partial charge < -0.3 is 14.9 Å². The molecule has 1 aromatic carbocycles. The molecule has 0 saturated heterocycles. The molecular formula is C23H22N2O5. The van der Waals surface area contributed by atoms with Crippen LogP contribution >= 0.6 is 0 Å². The first kappa shape index (κ1) is 19.1. The fourth-order valence-corrected chi connectivity index (χ4v) is 4.67. The number of rotatable bonds is 4. The van der Waals surface area contributed by atoms with Crippen LogP contribution in [0.4, 0.5) is 0 Å². The van der Waals surface area contributed by atoms with Crippen molar-refractivity contribution in [3.8, 4) is 11.4 Å². The van der Waals surface area contributed by atoms with Gasteiger partial charge in [-0.3, -0.25) is 14.2 Å². The first-order valence-electron chi connectivity index (χ1n) is 10.2. The van der Waals surface area contributed by atoms with Gasteiger partial charge in [-0.15, -0.1) is 0 Å². The summed E-state index contributed by atoms with van der Waals surface area (Å²) in [5, 5.41) is 21.3. The zero-order valence-corrected chi connectivity index (χ0v) is 16.6. The molecule has 1 aliphatic carbocycles. The number of ketones is 1. The Hall–Kier alpha value is -2.87. The van der Waals surface area contributed by atoms with E-state index in [1.54, 1.807) is 13.0 Å². The van der Waals surface area contributed by atoms with Crippen LogP contribution in [0.3, 0.4) is 0 Å². The summed E-state index contributed by atoms with van der Waals surface area (Å²) in [5.74, 6) is -0.264. The maximum atomic E-state index is 13.5. The maximum absolute atomic E-state index is 13.5. The quantitative estimate of drug-likeness (QED) is 0.688. The number of para-hydroxylation sites is 1. The molecule has 2 aliphatic rings. The van der Waals surface area contributed by atoms with Crippen LogP contribution in [0.15, 0.2) is 41.2 Å². The third-order valence-electron chi connectivity index (χ3n) is 6.23. The van der Waals surface area contributed by atoms with Crippen LogP contribution in [0.2, 0.25) is 0 Å². The van der Waals surface area contributed by atoms with Gasteiger partial charge >= 0.3 is 0 Å². The van der Waals surface area contributed by atoms with Crippen LogP contribution in [0, 0.1) is 0 Å². The van der Waals surface area contributed by atoms with Gasteiger partial charge in [-0.1, -0.05) is 25.1 Å². The molecule has 0 unspecified atom stereocenters. The van der Waals surface area contributed by atoms with Crippen molar-refractivity contribution in [3.63, 3.8) is 0 Å². The van der Waals surface area contributed by atoms with Gasteiger partial charge in [0.1, 0.15) is 5.60 Å². The second-order valence-corrected chi connectivity index (χ2v) is 7.80. The summed E-state index contributed by atoms with van der Waals surface area (Å²) in [6, 6.07) is 11.3. The zero-order valence-electron chi connectivity index (χ0n) is 16.6. The highest BCUT2D eigenvalue weighted by Gasteiger charge is 2.44. The molecule has 3 heterocycles. The predicted molar refractivity (Wildman–Crippen MR) is 110 cm³/mol. The van der Waals surface area contributed by atoms with Gasteiger partial charge in [0, 0.05) is 28.5 Å². The van der Waals surface area contributed by atoms with Gasteiger partial charge in [0.05, 0.1) is 30.1 Å². The Morgan fingerprint density at radius 2 is 2.03 bits per heavy atom. The molecule has 7 nitrogen and oxygen atoms in total. The number of aromatic nitrogens is 2. The second kappa shape index (κ2) is 6.84. The Balaban J connectivity index is 1.82. The molecule has 7 heteroatoms. The number of hydrogen-bond acceptors (Lipinski definition) is 6. The van der Waals surface area contributed by atoms with E-state index in [2.05, 4.69) is 0 Å². The Labute approximate surface area is 172 Å². The minimum atomic E-state index is -1.66. The molecule has 30 heavy (non-hydrogen) atoms. The van der Waals surface area contributed by atoms with Crippen LogP contribution < -0.4 is 5.56 Å². The number of nitrogens with zero attached hydrogens (tertiary/aromatic N) is 2. The normalized spacial score (nSPS) is 22.1. The van der Waals surface area contributed by atoms with Crippen LogP contribution in [0.5, 0.6) is 0 Å². The van der Waals surface area contributed by atoms with Gasteiger partial charge in [0.15, 0.2) is 12.0 Å². The first-order valence-corrected chi connectivity index (χ1v) is 10.2. The van der Waals surface area contributed by atoms with Crippen molar-refractivity contribution in [3.05, 3.63) is 63.4 Å². The average molecular weight is 406 g/mol. The summed E-state index contributed by atoms with van der Waals surface area (Å²) in [4.78, 5) is 30.8. The van der Waals surface area contributed by atoms with Gasteiger partial charge in [-0.25, -0.2) is 4.98 Å². The maximum Gasteiger partial charge on any atom is 0.257 e. The summed E-state index contributed by atoms with van der Waals surface area (Å²) < 4.78 is 7.41. The fourth-order valence-electron chi connectivity index (χ4n) is 4.67. The number of aliphatic hydroxyl groups is 2. The molecule has 0 fully saturated rings. The minimum Gasteiger partial charge on any atom is -0.394 e. The number of pyridine rings is 2. The summed E-state index contributed by atoms with van der Waals surface area (Å²) in [7, 11) is 0. The summed E-state index contributed by atoms with van der Waals surface area (Å²) in [6.07, 6.45) is -0.106. The molecule has 0 spiro atoms. The smallest absolute Gasteiger partial charge is 0.257 e. The van der Waals surface area contributed by atoms with E-state index >= 15 is 0 Å². The van der Waals surface area contributed by atoms with E-state index in [4.69, 9.17) is 9.72 Å². The number of fused-ring (bicyclic) bond motifs is 5. The molecule has 0 radical (unpaired) electrons. The summed E-state index contributed by atoms with van der Waals surface area (Å²) in [5.41, 5.74) is 1.48. The van der Waals surface area contributed by atoms with Crippen LogP contribution in [-0.2, 0) is 21.6 Å². The Morgan fingerprint density at radius 1 is 1.23 bits per heavy atom. The topological polar surface area (TPSA) is 102 Å². The van der Waals surface area contributed by atoms with E-state index < -0.39 is 11.8 Å². The third-order valence-corrected chi connectivity index (χ3v) is 6.23. The standard InChI is InChI=1S/C23H22N2O5/c1-2-23(29)16-12-18-20-15(11-13-5-3-4-6-17(13)24-20)22(30-10-9-26)25(18)21(28)14(16)7-8-19(23)27/h3-6,11-12,22,26,29H,2,7-10H2,1H3/t22-,23-/m0/s1. The number of aliphatic hydroxyl groups excluding tert-OH is 1. The van der Waals surface area contributed by atoms with Gasteiger partial charge in [-0.2, -0.15) is 0 Å². The van der Waals surface area contributed by atoms with Crippen molar-refractivity contribution >= 4 is 16.7 Å². The monoisotopic (exact) mass is 406 g/mol. The largest absolute Gasteiger partial charge is 0.394 e. The van der Waals surface area contributed by atoms with E-state index in [1.165, 1.54) is 4.57 Å². The minimum absolute atomic E-state index is 0.0667. The lowest BCUT2D eigenvalue weighted by Gasteiger charge is -2.32. The lowest BCUT2D eigenvalue weighted by atomic mass is 9.77. The van der Waals surface area contributed by atoms with Gasteiger partial charge in [0.2, 0.25) is 0 Å². The van der Waals surface area contributed by atoms with Crippen molar-refractivity contribution in [1.29, 1.82) is 0 Å². The van der Waals surface area contributed by atoms with E-state index in [-0.39, 0.29) is 43.8 Å². The van der Waals surface area contributed by atoms with E-state index in [1.807, 2.05) is 30.3 Å². The molecule has 5 rings (SSSR count). The SMILES string of the molecule is CC[C@@]1(O)C(=O)CCc2c1cc1n(c2=O)[C@@H](OCCO)c2cc3ccccc3nc2-1. The number of benzene rings is 1. The molecule has 154 valence electrons. The van der Waals surface area contributed by atoms with E-state index in [9.17, 15) is 19.8 Å². The van der Waals surface area contributed by atoms with Crippen LogP contribution in [0.25, 0.3) is 22.3 Å². The number of ether oxygens (including phenoxy) is 1. The number of carbonyl (C=O) groups excluding carboxylic acids is 1. The Morgan fingerprint density at radius 3 is 2.80 bits per heavy atom. The molecule has 0 bridgehead atoms. The molecule has 2 aromatic heterocycles. The number of hydrogen-bond donors (Lipinski definition) is 2. The molecular weight excluding hydrogens is 384 g/mol. The van der Waals surface area contributed by atoms with Gasteiger partial charge in [0.25, 0.3) is 5.56 Å². The first-order chi connectivity index (χ1) is 14.5. The van der Waals surface area contributed by atoms with Crippen LogP contribution in [-0.4, -0.2) is 38.8 Å². The van der Waals surface area contributed by atoms with Crippen molar-refractivity contribution in [2.45, 2.75) is 38.0 Å². The number of carbonyl (C=O) groups is 1. The molecule has 0 saturated carbocycles. The van der Waals surface area contributed by atoms with Crippen molar-refractivity contribution in [2.24, 2.45) is 0 Å². The third kappa shape index (κ3) is 2.52. The summed E-state index contributed by atoms with van der Waals surface area (Å²) >= 11 is 0. The lowest BCUT2D eigenvalue weighted by Crippen LogP contribution is -2.43. The van der Waals surface area contributed by atoms with E-state index in [0.29, 0.717) is 22.5 Å². The highest BCUT2D eigenvalue weighted by Crippen LogP contribution is 2.43. The molecule has 2 atom stereocenters. The highest BCUT2D eigenvalue weighted by molar-refractivity contribution is 5.91. The Kier molecular flexibility index (Phi) is 4.36. The number of Topliss-reactive ketones (excluding diaryl/α,β-unsaturated/α-hetero) is 1. The molecule has 3 aromatic rings. The van der Waals surface area contributed by atoms with Crippen molar-refractivity contribution in [2.75, 3.05) is 13.2 Å². The molecule has 0 amide bonds. The fraction of sp³-hybridized carbons (Fsp3) is 0.348. The van der Waals surface area contributed by atoms with Crippen LogP contribution in [0.1, 0.15) is 42.7 Å². The predicted octanol–water partition coefficient (Wildman–Crippen LogP) is 2.05. The average Bonchev–Trinajstić information content (AvgIpc) is 3.06. The van der Waals surface area contributed by atoms with E-state index in [0.717, 1.165) is 16.5 Å². The summed E-state index contributed by atoms with van der Waals surface area (Å²) in [6.45, 7) is 1.63.